The highest BCUT2D eigenvalue weighted by atomic mass is 35.5. The van der Waals surface area contributed by atoms with Gasteiger partial charge in [0.15, 0.2) is 0 Å². The first kappa shape index (κ1) is 17.5. The van der Waals surface area contributed by atoms with Gasteiger partial charge in [-0.15, -0.1) is 10.2 Å². The number of likely N-dealkylation sites (tertiary alicyclic amines) is 1. The molecule has 0 spiro atoms. The highest BCUT2D eigenvalue weighted by Crippen LogP contribution is 2.40. The van der Waals surface area contributed by atoms with E-state index in [1.54, 1.807) is 7.11 Å². The molecule has 0 aliphatic carbocycles. The number of halogens is 1. The van der Waals surface area contributed by atoms with Gasteiger partial charge in [0.1, 0.15) is 16.8 Å². The van der Waals surface area contributed by atoms with Gasteiger partial charge in [-0.3, -0.25) is 4.79 Å². The molecule has 0 radical (unpaired) electrons. The molecular weight excluding hydrogens is 374 g/mol. The van der Waals surface area contributed by atoms with Crippen LogP contribution in [0.5, 0.6) is 5.75 Å². The molecule has 138 valence electrons. The highest BCUT2D eigenvalue weighted by molar-refractivity contribution is 8.00. The molecule has 1 saturated heterocycles. The fourth-order valence-electron chi connectivity index (χ4n) is 3.39. The lowest BCUT2D eigenvalue weighted by Gasteiger charge is -2.34. The number of nitrogens with one attached hydrogen (secondary N) is 1. The topological polar surface area (TPSA) is 72.3 Å². The van der Waals surface area contributed by atoms with Crippen molar-refractivity contribution in [2.24, 2.45) is 0 Å². The second-order valence-corrected chi connectivity index (χ2v) is 7.95. The van der Waals surface area contributed by atoms with E-state index in [0.29, 0.717) is 15.9 Å². The summed E-state index contributed by atoms with van der Waals surface area (Å²) in [5.74, 6) is 1.50. The van der Waals surface area contributed by atoms with E-state index in [1.165, 1.54) is 11.8 Å². The Balaban J connectivity index is 1.71. The minimum absolute atomic E-state index is 0.129. The van der Waals surface area contributed by atoms with Gasteiger partial charge in [0.2, 0.25) is 11.1 Å². The van der Waals surface area contributed by atoms with Crippen molar-refractivity contribution in [1.82, 2.24) is 19.8 Å². The van der Waals surface area contributed by atoms with Crippen LogP contribution < -0.4 is 10.2 Å². The Morgan fingerprint density at radius 3 is 2.81 bits per heavy atom. The fraction of sp³-hybridized carbons (Fsp3) is 0.471. The molecule has 1 aromatic carbocycles. The van der Waals surface area contributed by atoms with Gasteiger partial charge in [-0.1, -0.05) is 29.4 Å². The van der Waals surface area contributed by atoms with E-state index < -0.39 is 0 Å². The molecule has 4 rings (SSSR count). The number of hydrogen-bond acceptors (Lipinski definition) is 6. The SMILES string of the molecule is COc1ccc([C@H]2Nn3c(C)nnc3S[C@@H]2C(=O)N2CCCC2)cc1Cl. The summed E-state index contributed by atoms with van der Waals surface area (Å²) in [6.45, 7) is 3.51. The number of hydrogen-bond donors (Lipinski definition) is 1. The van der Waals surface area contributed by atoms with E-state index in [4.69, 9.17) is 16.3 Å². The van der Waals surface area contributed by atoms with Gasteiger partial charge < -0.3 is 15.1 Å². The zero-order valence-electron chi connectivity index (χ0n) is 14.6. The smallest absolute Gasteiger partial charge is 0.238 e. The Bertz CT molecular complexity index is 837. The maximum absolute atomic E-state index is 13.2. The average molecular weight is 394 g/mol. The van der Waals surface area contributed by atoms with Gasteiger partial charge in [-0.05, 0) is 37.5 Å². The van der Waals surface area contributed by atoms with Crippen LogP contribution in [0.15, 0.2) is 23.4 Å². The molecule has 0 unspecified atom stereocenters. The lowest BCUT2D eigenvalue weighted by atomic mass is 10.0. The number of nitrogens with zero attached hydrogens (tertiary/aromatic N) is 4. The predicted octanol–water partition coefficient (Wildman–Crippen LogP) is 2.63. The average Bonchev–Trinajstić information content (AvgIpc) is 3.30. The summed E-state index contributed by atoms with van der Waals surface area (Å²) in [5.41, 5.74) is 4.33. The molecule has 1 fully saturated rings. The van der Waals surface area contributed by atoms with Crippen molar-refractivity contribution in [3.63, 3.8) is 0 Å². The number of benzene rings is 1. The van der Waals surface area contributed by atoms with Crippen molar-refractivity contribution >= 4 is 29.3 Å². The molecule has 0 saturated carbocycles. The number of carbonyl (C=O) groups is 1. The number of carbonyl (C=O) groups excluding carboxylic acids is 1. The number of fused-ring (bicyclic) bond motifs is 1. The molecule has 26 heavy (non-hydrogen) atoms. The molecule has 9 heteroatoms. The molecule has 2 aromatic rings. The molecule has 2 aliphatic rings. The van der Waals surface area contributed by atoms with E-state index >= 15 is 0 Å². The molecule has 7 nitrogen and oxygen atoms in total. The lowest BCUT2D eigenvalue weighted by Crippen LogP contribution is -2.45. The molecule has 2 atom stereocenters. The molecule has 2 aliphatic heterocycles. The summed E-state index contributed by atoms with van der Waals surface area (Å²) in [7, 11) is 1.59. The van der Waals surface area contributed by atoms with E-state index in [-0.39, 0.29) is 17.2 Å². The van der Waals surface area contributed by atoms with Gasteiger partial charge >= 0.3 is 0 Å². The summed E-state index contributed by atoms with van der Waals surface area (Å²) in [4.78, 5) is 15.1. The largest absolute Gasteiger partial charge is 0.495 e. The van der Waals surface area contributed by atoms with Gasteiger partial charge in [-0.25, -0.2) is 4.68 Å². The Hall–Kier alpha value is -1.93. The van der Waals surface area contributed by atoms with E-state index in [2.05, 4.69) is 15.6 Å². The van der Waals surface area contributed by atoms with Crippen LogP contribution in [0.4, 0.5) is 0 Å². The number of aromatic nitrogens is 3. The number of amides is 1. The lowest BCUT2D eigenvalue weighted by molar-refractivity contribution is -0.129. The van der Waals surface area contributed by atoms with Crippen molar-refractivity contribution in [3.8, 4) is 5.75 Å². The third-order valence-corrected chi connectivity index (χ3v) is 6.29. The normalized spacial score (nSPS) is 22.0. The van der Waals surface area contributed by atoms with E-state index in [9.17, 15) is 4.79 Å². The monoisotopic (exact) mass is 393 g/mol. The molecule has 0 bridgehead atoms. The summed E-state index contributed by atoms with van der Waals surface area (Å²) in [6, 6.07) is 5.39. The first-order valence-electron chi connectivity index (χ1n) is 8.56. The second kappa shape index (κ2) is 7.00. The Morgan fingerprint density at radius 2 is 2.12 bits per heavy atom. The fourth-order valence-corrected chi connectivity index (χ4v) is 4.87. The van der Waals surface area contributed by atoms with Crippen molar-refractivity contribution < 1.29 is 9.53 Å². The van der Waals surface area contributed by atoms with Crippen LogP contribution in [0.2, 0.25) is 5.02 Å². The minimum atomic E-state index is -0.325. The third kappa shape index (κ3) is 3.01. The van der Waals surface area contributed by atoms with Crippen LogP contribution in [0, 0.1) is 6.92 Å². The zero-order chi connectivity index (χ0) is 18.3. The quantitative estimate of drug-likeness (QED) is 0.864. The standard InChI is InChI=1S/C17H20ClN5O2S/c1-10-19-20-17-23(10)21-14(11-5-6-13(25-2)12(18)9-11)15(26-17)16(24)22-7-3-4-8-22/h5-6,9,14-15,21H,3-4,7-8H2,1-2H3/t14-,15+/m1/s1. The van der Waals surface area contributed by atoms with Crippen molar-refractivity contribution in [2.75, 3.05) is 25.6 Å². The first-order valence-corrected chi connectivity index (χ1v) is 9.81. The van der Waals surface area contributed by atoms with Crippen molar-refractivity contribution in [1.29, 1.82) is 0 Å². The minimum Gasteiger partial charge on any atom is -0.495 e. The molecule has 3 heterocycles. The Kier molecular flexibility index (Phi) is 4.71. The van der Waals surface area contributed by atoms with Gasteiger partial charge in [-0.2, -0.15) is 0 Å². The summed E-state index contributed by atoms with van der Waals surface area (Å²) in [5, 5.41) is 9.21. The second-order valence-electron chi connectivity index (χ2n) is 6.44. The number of methoxy groups -OCH3 is 1. The predicted molar refractivity (Wildman–Crippen MR) is 100 cm³/mol. The van der Waals surface area contributed by atoms with E-state index in [0.717, 1.165) is 37.3 Å². The van der Waals surface area contributed by atoms with Crippen LogP contribution >= 0.6 is 23.4 Å². The molecular formula is C17H20ClN5O2S. The molecule has 1 N–H and O–H groups in total. The number of ether oxygens (including phenoxy) is 1. The third-order valence-electron chi connectivity index (χ3n) is 4.79. The number of aryl methyl sites for hydroxylation is 1. The first-order chi connectivity index (χ1) is 12.6. The van der Waals surface area contributed by atoms with Gasteiger partial charge in [0.25, 0.3) is 0 Å². The van der Waals surface area contributed by atoms with Crippen molar-refractivity contribution in [3.05, 3.63) is 34.6 Å². The summed E-state index contributed by atoms with van der Waals surface area (Å²) >= 11 is 7.78. The number of thioether (sulfide) groups is 1. The van der Waals surface area contributed by atoms with E-state index in [1.807, 2.05) is 34.7 Å². The van der Waals surface area contributed by atoms with Crippen LogP contribution in [0.3, 0.4) is 0 Å². The van der Waals surface area contributed by atoms with Crippen molar-refractivity contribution in [2.45, 2.75) is 36.2 Å². The van der Waals surface area contributed by atoms with Crippen LogP contribution in [-0.2, 0) is 4.79 Å². The van der Waals surface area contributed by atoms with Crippen LogP contribution in [-0.4, -0.2) is 51.1 Å². The molecule has 1 aromatic heterocycles. The summed E-state index contributed by atoms with van der Waals surface area (Å²) in [6.07, 6.45) is 2.12. The summed E-state index contributed by atoms with van der Waals surface area (Å²) < 4.78 is 7.08. The van der Waals surface area contributed by atoms with Gasteiger partial charge in [0, 0.05) is 13.1 Å². The van der Waals surface area contributed by atoms with Crippen LogP contribution in [0.1, 0.15) is 30.3 Å². The Morgan fingerprint density at radius 1 is 1.35 bits per heavy atom. The van der Waals surface area contributed by atoms with Gasteiger partial charge in [0.05, 0.1) is 18.2 Å². The van der Waals surface area contributed by atoms with Crippen LogP contribution in [0.25, 0.3) is 0 Å². The maximum atomic E-state index is 13.2. The highest BCUT2D eigenvalue weighted by Gasteiger charge is 2.40. The molecule has 1 amide bonds. The maximum Gasteiger partial charge on any atom is 0.238 e. The zero-order valence-corrected chi connectivity index (χ0v) is 16.2. The number of rotatable bonds is 3. The Labute approximate surface area is 161 Å².